The number of hydrogen-bond donors (Lipinski definition) is 2. The molecular formula is C18H19N5O. The molecule has 122 valence electrons. The first-order chi connectivity index (χ1) is 11.8. The van der Waals surface area contributed by atoms with E-state index in [1.54, 1.807) is 6.07 Å². The molecule has 2 N–H and O–H groups in total. The Balaban J connectivity index is 1.40. The lowest BCUT2D eigenvalue weighted by molar-refractivity contribution is 0.0944. The van der Waals surface area contributed by atoms with E-state index < -0.39 is 0 Å². The molecule has 24 heavy (non-hydrogen) atoms. The van der Waals surface area contributed by atoms with Crippen LogP contribution in [-0.2, 0) is 6.54 Å². The fraction of sp³-hybridized carbons (Fsp3) is 0.278. The predicted molar refractivity (Wildman–Crippen MR) is 92.9 cm³/mol. The van der Waals surface area contributed by atoms with E-state index in [2.05, 4.69) is 25.4 Å². The second-order valence-corrected chi connectivity index (χ2v) is 6.04. The van der Waals surface area contributed by atoms with Gasteiger partial charge in [-0.05, 0) is 42.5 Å². The third-order valence-corrected chi connectivity index (χ3v) is 4.34. The zero-order valence-corrected chi connectivity index (χ0v) is 13.3. The Hall–Kier alpha value is -2.89. The van der Waals surface area contributed by atoms with Crippen molar-refractivity contribution in [2.75, 3.05) is 18.0 Å². The Morgan fingerprint density at radius 3 is 2.71 bits per heavy atom. The maximum absolute atomic E-state index is 12.2. The molecule has 1 aromatic carbocycles. The second-order valence-electron chi connectivity index (χ2n) is 6.04. The van der Waals surface area contributed by atoms with Crippen molar-refractivity contribution >= 4 is 22.6 Å². The number of amides is 1. The van der Waals surface area contributed by atoms with Crippen molar-refractivity contribution < 1.29 is 4.79 Å². The SMILES string of the molecule is O=C(NCc1cc2ccccc2[nH]1)c1ccc(N2CCCC2)nn1. The van der Waals surface area contributed by atoms with Crippen LogP contribution in [-0.4, -0.2) is 34.2 Å². The van der Waals surface area contributed by atoms with Crippen LogP contribution in [0, 0.1) is 0 Å². The molecule has 6 heteroatoms. The number of aromatic amines is 1. The summed E-state index contributed by atoms with van der Waals surface area (Å²) in [6.45, 7) is 2.46. The molecule has 0 bridgehead atoms. The van der Waals surface area contributed by atoms with Crippen LogP contribution in [0.3, 0.4) is 0 Å². The van der Waals surface area contributed by atoms with Crippen molar-refractivity contribution in [2.45, 2.75) is 19.4 Å². The van der Waals surface area contributed by atoms with Crippen molar-refractivity contribution in [2.24, 2.45) is 0 Å². The Kier molecular flexibility index (Phi) is 3.86. The molecule has 3 aromatic rings. The molecule has 0 atom stereocenters. The van der Waals surface area contributed by atoms with Crippen LogP contribution >= 0.6 is 0 Å². The Labute approximate surface area is 139 Å². The van der Waals surface area contributed by atoms with Crippen molar-refractivity contribution in [3.63, 3.8) is 0 Å². The third kappa shape index (κ3) is 2.95. The van der Waals surface area contributed by atoms with Gasteiger partial charge in [0, 0.05) is 24.3 Å². The zero-order valence-electron chi connectivity index (χ0n) is 13.3. The number of H-pyrrole nitrogens is 1. The van der Waals surface area contributed by atoms with Crippen molar-refractivity contribution in [1.29, 1.82) is 0 Å². The van der Waals surface area contributed by atoms with Gasteiger partial charge in [-0.25, -0.2) is 0 Å². The lowest BCUT2D eigenvalue weighted by atomic mass is 10.2. The van der Waals surface area contributed by atoms with Crippen LogP contribution in [0.1, 0.15) is 29.0 Å². The molecule has 6 nitrogen and oxygen atoms in total. The molecule has 1 amide bonds. The molecule has 1 saturated heterocycles. The monoisotopic (exact) mass is 321 g/mol. The standard InChI is InChI=1S/C18H19N5O/c24-18(16-7-8-17(22-21-16)23-9-3-4-10-23)19-12-14-11-13-5-1-2-6-15(13)20-14/h1-2,5-8,11,20H,3-4,9-10,12H2,(H,19,24). The number of anilines is 1. The summed E-state index contributed by atoms with van der Waals surface area (Å²) in [5, 5.41) is 12.3. The molecule has 4 rings (SSSR count). The highest BCUT2D eigenvalue weighted by atomic mass is 16.1. The third-order valence-electron chi connectivity index (χ3n) is 4.34. The largest absolute Gasteiger partial charge is 0.357 e. The number of benzene rings is 1. The van der Waals surface area contributed by atoms with E-state index in [-0.39, 0.29) is 5.91 Å². The van der Waals surface area contributed by atoms with E-state index in [1.807, 2.05) is 36.4 Å². The summed E-state index contributed by atoms with van der Waals surface area (Å²) in [6.07, 6.45) is 2.38. The molecule has 3 heterocycles. The van der Waals surface area contributed by atoms with Crippen LogP contribution in [0.4, 0.5) is 5.82 Å². The zero-order chi connectivity index (χ0) is 16.4. The minimum atomic E-state index is -0.214. The number of para-hydroxylation sites is 1. The first-order valence-electron chi connectivity index (χ1n) is 8.23. The van der Waals surface area contributed by atoms with Crippen molar-refractivity contribution in [1.82, 2.24) is 20.5 Å². The summed E-state index contributed by atoms with van der Waals surface area (Å²) in [4.78, 5) is 17.7. The van der Waals surface area contributed by atoms with E-state index in [0.29, 0.717) is 12.2 Å². The van der Waals surface area contributed by atoms with Gasteiger partial charge in [0.25, 0.3) is 5.91 Å². The van der Waals surface area contributed by atoms with Gasteiger partial charge in [-0.15, -0.1) is 10.2 Å². The van der Waals surface area contributed by atoms with E-state index in [4.69, 9.17) is 0 Å². The fourth-order valence-electron chi connectivity index (χ4n) is 3.06. The van der Waals surface area contributed by atoms with Crippen LogP contribution in [0.15, 0.2) is 42.5 Å². The maximum Gasteiger partial charge on any atom is 0.272 e. The molecule has 0 unspecified atom stereocenters. The average molecular weight is 321 g/mol. The molecule has 0 spiro atoms. The number of hydrogen-bond acceptors (Lipinski definition) is 4. The number of carbonyl (C=O) groups is 1. The predicted octanol–water partition coefficient (Wildman–Crippen LogP) is 2.49. The van der Waals surface area contributed by atoms with Gasteiger partial charge in [0.15, 0.2) is 11.5 Å². The summed E-state index contributed by atoms with van der Waals surface area (Å²) >= 11 is 0. The Morgan fingerprint density at radius 1 is 1.12 bits per heavy atom. The molecule has 1 fully saturated rings. The van der Waals surface area contributed by atoms with Gasteiger partial charge in [0.05, 0.1) is 6.54 Å². The normalized spacial score (nSPS) is 14.2. The lowest BCUT2D eigenvalue weighted by Crippen LogP contribution is -2.25. The minimum absolute atomic E-state index is 0.214. The minimum Gasteiger partial charge on any atom is -0.357 e. The molecule has 0 saturated carbocycles. The molecule has 1 aliphatic rings. The number of aromatic nitrogens is 3. The van der Waals surface area contributed by atoms with Gasteiger partial charge < -0.3 is 15.2 Å². The smallest absolute Gasteiger partial charge is 0.272 e. The Bertz CT molecular complexity index is 816. The van der Waals surface area contributed by atoms with Gasteiger partial charge >= 0.3 is 0 Å². The quantitative estimate of drug-likeness (QED) is 0.774. The summed E-state index contributed by atoms with van der Waals surface area (Å²) in [6, 6.07) is 13.7. The van der Waals surface area contributed by atoms with Gasteiger partial charge in [-0.3, -0.25) is 4.79 Å². The lowest BCUT2D eigenvalue weighted by Gasteiger charge is -2.15. The van der Waals surface area contributed by atoms with Crippen LogP contribution < -0.4 is 10.2 Å². The number of nitrogens with one attached hydrogen (secondary N) is 2. The molecule has 2 aromatic heterocycles. The van der Waals surface area contributed by atoms with E-state index in [1.165, 1.54) is 12.8 Å². The fourth-order valence-corrected chi connectivity index (χ4v) is 3.06. The molecule has 1 aliphatic heterocycles. The molecule has 0 radical (unpaired) electrons. The first-order valence-corrected chi connectivity index (χ1v) is 8.23. The van der Waals surface area contributed by atoms with Crippen LogP contribution in [0.5, 0.6) is 0 Å². The average Bonchev–Trinajstić information content (AvgIpc) is 3.29. The van der Waals surface area contributed by atoms with E-state index >= 15 is 0 Å². The van der Waals surface area contributed by atoms with E-state index in [0.717, 1.165) is 35.5 Å². The highest BCUT2D eigenvalue weighted by molar-refractivity contribution is 5.92. The maximum atomic E-state index is 12.2. The van der Waals surface area contributed by atoms with Crippen molar-refractivity contribution in [3.05, 3.63) is 53.9 Å². The van der Waals surface area contributed by atoms with Gasteiger partial charge in [-0.1, -0.05) is 18.2 Å². The van der Waals surface area contributed by atoms with Crippen molar-refractivity contribution in [3.8, 4) is 0 Å². The Morgan fingerprint density at radius 2 is 1.96 bits per heavy atom. The van der Waals surface area contributed by atoms with E-state index in [9.17, 15) is 4.79 Å². The number of nitrogens with zero attached hydrogens (tertiary/aromatic N) is 3. The topological polar surface area (TPSA) is 73.9 Å². The van der Waals surface area contributed by atoms with Crippen LogP contribution in [0.25, 0.3) is 10.9 Å². The highest BCUT2D eigenvalue weighted by Crippen LogP contribution is 2.17. The second kappa shape index (κ2) is 6.31. The number of rotatable bonds is 4. The first kappa shape index (κ1) is 14.7. The van der Waals surface area contributed by atoms with Gasteiger partial charge in [0.1, 0.15) is 0 Å². The highest BCUT2D eigenvalue weighted by Gasteiger charge is 2.15. The summed E-state index contributed by atoms with van der Waals surface area (Å²) in [5.41, 5.74) is 2.37. The summed E-state index contributed by atoms with van der Waals surface area (Å²) < 4.78 is 0. The number of fused-ring (bicyclic) bond motifs is 1. The molecule has 0 aliphatic carbocycles. The summed E-state index contributed by atoms with van der Waals surface area (Å²) in [5.74, 6) is 0.633. The molecular weight excluding hydrogens is 302 g/mol. The number of carbonyl (C=O) groups excluding carboxylic acids is 1. The van der Waals surface area contributed by atoms with Crippen LogP contribution in [0.2, 0.25) is 0 Å². The van der Waals surface area contributed by atoms with Gasteiger partial charge in [0.2, 0.25) is 0 Å². The summed E-state index contributed by atoms with van der Waals surface area (Å²) in [7, 11) is 0. The van der Waals surface area contributed by atoms with Gasteiger partial charge in [-0.2, -0.15) is 0 Å².